The molecule has 2 aliphatic heterocycles. The zero-order chi connectivity index (χ0) is 30.2. The van der Waals surface area contributed by atoms with Gasteiger partial charge in [0.15, 0.2) is 11.6 Å². The molecule has 0 amide bonds. The summed E-state index contributed by atoms with van der Waals surface area (Å²) in [5, 5.41) is 13.6. The molecule has 2 atom stereocenters. The lowest BCUT2D eigenvalue weighted by Gasteiger charge is -2.31. The molecule has 1 fully saturated rings. The molecule has 2 aliphatic rings. The third kappa shape index (κ3) is 8.16. The van der Waals surface area contributed by atoms with Crippen LogP contribution in [0.1, 0.15) is 86.7 Å². The number of fused-ring (bicyclic) bond motifs is 1. The number of anilines is 1. The maximum Gasteiger partial charge on any atom is 0.325 e. The van der Waals surface area contributed by atoms with Crippen LogP contribution < -0.4 is 10.1 Å². The number of carboxylic acid groups (broad SMARTS) is 1. The molecule has 4 rings (SSSR count). The number of pyridine rings is 1. The topological polar surface area (TPSA) is 77.9 Å². The van der Waals surface area contributed by atoms with Crippen LogP contribution in [0, 0.1) is 5.82 Å². The van der Waals surface area contributed by atoms with Crippen LogP contribution in [-0.4, -0.2) is 78.2 Å². The lowest BCUT2D eigenvalue weighted by Crippen LogP contribution is -2.41. The summed E-state index contributed by atoms with van der Waals surface area (Å²) in [6, 6.07) is 6.24. The predicted octanol–water partition coefficient (Wildman–Crippen LogP) is 6.28. The zero-order valence-electron chi connectivity index (χ0n) is 25.1. The van der Waals surface area contributed by atoms with Crippen LogP contribution in [0.3, 0.4) is 0 Å². The van der Waals surface area contributed by atoms with Gasteiger partial charge in [0, 0.05) is 49.9 Å². The molecule has 2 aromatic rings. The Morgan fingerprint density at radius 3 is 2.74 bits per heavy atom. The number of halogens is 3. The first-order chi connectivity index (χ1) is 20.2. The van der Waals surface area contributed by atoms with Crippen molar-refractivity contribution in [1.82, 2.24) is 14.8 Å². The molecule has 0 aliphatic carbocycles. The molecule has 2 N–H and O–H groups in total. The lowest BCUT2D eigenvalue weighted by molar-refractivity contribution is -0.143. The summed E-state index contributed by atoms with van der Waals surface area (Å²) >= 11 is 0. The molecule has 42 heavy (non-hydrogen) atoms. The van der Waals surface area contributed by atoms with Gasteiger partial charge in [-0.25, -0.2) is 18.2 Å². The molecule has 1 saturated heterocycles. The van der Waals surface area contributed by atoms with Gasteiger partial charge in [-0.2, -0.15) is 0 Å². The van der Waals surface area contributed by atoms with Crippen molar-refractivity contribution < 1.29 is 27.8 Å². The number of hydrogen-bond donors (Lipinski definition) is 2. The summed E-state index contributed by atoms with van der Waals surface area (Å²) in [6.07, 6.45) is 3.88. The number of hydrogen-bond acceptors (Lipinski definition) is 6. The minimum Gasteiger partial charge on any atom is -0.493 e. The molecule has 0 bridgehead atoms. The van der Waals surface area contributed by atoms with E-state index in [1.54, 1.807) is 6.07 Å². The van der Waals surface area contributed by atoms with Crippen molar-refractivity contribution in [2.24, 2.45) is 0 Å². The van der Waals surface area contributed by atoms with E-state index in [0.29, 0.717) is 37.2 Å². The van der Waals surface area contributed by atoms with E-state index in [4.69, 9.17) is 9.72 Å². The Morgan fingerprint density at radius 1 is 1.21 bits per heavy atom. The molecule has 1 aromatic carbocycles. The highest BCUT2D eigenvalue weighted by atomic mass is 19.3. The lowest BCUT2D eigenvalue weighted by atomic mass is 9.95. The number of likely N-dealkylation sites (tertiary alicyclic amines) is 1. The molecule has 232 valence electrons. The highest BCUT2D eigenvalue weighted by molar-refractivity contribution is 5.77. The first-order valence-corrected chi connectivity index (χ1v) is 15.3. The molecule has 7 nitrogen and oxygen atoms in total. The van der Waals surface area contributed by atoms with Gasteiger partial charge in [0.05, 0.1) is 7.11 Å². The number of rotatable bonds is 15. The van der Waals surface area contributed by atoms with Crippen molar-refractivity contribution in [1.29, 1.82) is 0 Å². The Balaban J connectivity index is 1.38. The number of benzene rings is 1. The van der Waals surface area contributed by atoms with Crippen LogP contribution in [0.2, 0.25) is 0 Å². The van der Waals surface area contributed by atoms with E-state index in [9.17, 15) is 23.1 Å². The quantitative estimate of drug-likeness (QED) is 0.237. The van der Waals surface area contributed by atoms with Gasteiger partial charge in [0.25, 0.3) is 0 Å². The summed E-state index contributed by atoms with van der Waals surface area (Å²) < 4.78 is 46.7. The third-order valence-electron chi connectivity index (χ3n) is 8.53. The fourth-order valence-corrected chi connectivity index (χ4v) is 6.22. The van der Waals surface area contributed by atoms with E-state index in [-0.39, 0.29) is 30.7 Å². The minimum atomic E-state index is -2.40. The number of nitrogens with zero attached hydrogens (tertiary/aromatic N) is 3. The standard InChI is InChI=1S/C32H45F3N4O3/c1-21(2)23-18-26(30(42-3)27(33)19-23)29(32(40)41)39-16-12-25(20-39)38(17-13-28(34)35)15-6-4-5-9-24-11-10-22-8-7-14-36-31(22)37-24/h10-11,18-19,21,25,28-29H,4-9,12-17,20H2,1-3H3,(H,36,37)(H,40,41)/t25-,29-/m1/s1. The van der Waals surface area contributed by atoms with E-state index < -0.39 is 24.3 Å². The van der Waals surface area contributed by atoms with E-state index in [2.05, 4.69) is 22.3 Å². The highest BCUT2D eigenvalue weighted by Gasteiger charge is 2.38. The normalized spacial score (nSPS) is 18.0. The van der Waals surface area contributed by atoms with E-state index in [1.807, 2.05) is 18.7 Å². The fraction of sp³-hybridized carbons (Fsp3) is 0.625. The number of carboxylic acids is 1. The number of aryl methyl sites for hydroxylation is 2. The van der Waals surface area contributed by atoms with E-state index in [0.717, 1.165) is 56.6 Å². The Kier molecular flexibility index (Phi) is 11.5. The molecule has 0 spiro atoms. The number of alkyl halides is 2. The third-order valence-corrected chi connectivity index (χ3v) is 8.53. The number of unbranched alkanes of at least 4 members (excludes halogenated alkanes) is 2. The highest BCUT2D eigenvalue weighted by Crippen LogP contribution is 2.37. The molecule has 0 unspecified atom stereocenters. The van der Waals surface area contributed by atoms with Gasteiger partial charge in [-0.15, -0.1) is 0 Å². The van der Waals surface area contributed by atoms with Gasteiger partial charge in [-0.3, -0.25) is 14.6 Å². The van der Waals surface area contributed by atoms with E-state index >= 15 is 0 Å². The van der Waals surface area contributed by atoms with Gasteiger partial charge >= 0.3 is 5.97 Å². The smallest absolute Gasteiger partial charge is 0.325 e. The Hall–Kier alpha value is -2.85. The average molecular weight is 591 g/mol. The Morgan fingerprint density at radius 2 is 2.02 bits per heavy atom. The molecule has 1 aromatic heterocycles. The fourth-order valence-electron chi connectivity index (χ4n) is 6.22. The second-order valence-corrected chi connectivity index (χ2v) is 11.8. The van der Waals surface area contributed by atoms with Crippen molar-refractivity contribution >= 4 is 11.8 Å². The van der Waals surface area contributed by atoms with Crippen molar-refractivity contribution in [3.63, 3.8) is 0 Å². The molecule has 3 heterocycles. The van der Waals surface area contributed by atoms with E-state index in [1.165, 1.54) is 18.7 Å². The number of aliphatic carboxylic acids is 1. The summed E-state index contributed by atoms with van der Waals surface area (Å²) in [5.41, 5.74) is 3.33. The summed E-state index contributed by atoms with van der Waals surface area (Å²) in [4.78, 5) is 21.2. The second-order valence-electron chi connectivity index (χ2n) is 11.8. The first kappa shape index (κ1) is 32.1. The van der Waals surface area contributed by atoms with Crippen molar-refractivity contribution in [3.05, 3.63) is 52.5 Å². The van der Waals surface area contributed by atoms with Gasteiger partial charge in [0.2, 0.25) is 6.43 Å². The predicted molar refractivity (Wildman–Crippen MR) is 158 cm³/mol. The maximum absolute atomic E-state index is 14.9. The summed E-state index contributed by atoms with van der Waals surface area (Å²) in [6.45, 7) is 6.61. The SMILES string of the molecule is COc1c(F)cc(C(C)C)cc1[C@H](C(=O)O)N1CC[C@@H](N(CCCCCc2ccc3c(n2)NCCC3)CCC(F)F)C1. The van der Waals surface area contributed by atoms with Gasteiger partial charge in [-0.05, 0) is 80.3 Å². The molecule has 10 heteroatoms. The molecule has 0 saturated carbocycles. The van der Waals surface area contributed by atoms with Gasteiger partial charge < -0.3 is 15.2 Å². The summed E-state index contributed by atoms with van der Waals surface area (Å²) in [7, 11) is 1.34. The molecule has 0 radical (unpaired) electrons. The second kappa shape index (κ2) is 15.0. The monoisotopic (exact) mass is 590 g/mol. The largest absolute Gasteiger partial charge is 0.493 e. The molecular weight excluding hydrogens is 545 g/mol. The number of carbonyl (C=O) groups is 1. The number of nitrogens with one attached hydrogen (secondary N) is 1. The van der Waals surface area contributed by atoms with Gasteiger partial charge in [-0.1, -0.05) is 26.3 Å². The Bertz CT molecular complexity index is 1200. The van der Waals surface area contributed by atoms with Crippen LogP contribution in [-0.2, 0) is 17.6 Å². The minimum absolute atomic E-state index is 0.00876. The zero-order valence-corrected chi connectivity index (χ0v) is 25.1. The Labute approximate surface area is 247 Å². The summed E-state index contributed by atoms with van der Waals surface area (Å²) in [5.74, 6) is -0.720. The molecular formula is C32H45F3N4O3. The van der Waals surface area contributed by atoms with Crippen molar-refractivity contribution in [3.8, 4) is 5.75 Å². The number of aromatic nitrogens is 1. The van der Waals surface area contributed by atoms with Crippen LogP contribution in [0.15, 0.2) is 24.3 Å². The van der Waals surface area contributed by atoms with Crippen LogP contribution in [0.5, 0.6) is 5.75 Å². The van der Waals surface area contributed by atoms with Gasteiger partial charge in [0.1, 0.15) is 11.9 Å². The maximum atomic E-state index is 14.9. The van der Waals surface area contributed by atoms with Crippen molar-refractivity contribution in [2.45, 2.75) is 89.6 Å². The van der Waals surface area contributed by atoms with Crippen LogP contribution in [0.4, 0.5) is 19.0 Å². The average Bonchev–Trinajstić information content (AvgIpc) is 3.43. The van der Waals surface area contributed by atoms with Crippen molar-refractivity contribution in [2.75, 3.05) is 45.2 Å². The van der Waals surface area contributed by atoms with Crippen LogP contribution >= 0.6 is 0 Å². The van der Waals surface area contributed by atoms with Crippen LogP contribution in [0.25, 0.3) is 0 Å². The number of ether oxygens (including phenoxy) is 1. The first-order valence-electron chi connectivity index (χ1n) is 15.3. The number of methoxy groups -OCH3 is 1.